The van der Waals surface area contributed by atoms with Gasteiger partial charge in [0.25, 0.3) is 0 Å². The molecule has 5 rings (SSSR count). The topological polar surface area (TPSA) is 61.9 Å². The Balaban J connectivity index is 1.32. The number of sulfonamides is 1. The molecule has 0 spiro atoms. The monoisotopic (exact) mass is 407 g/mol. The smallest absolute Gasteiger partial charge is 0.240 e. The van der Waals surface area contributed by atoms with Crippen LogP contribution in [0.15, 0.2) is 35.2 Å². The number of methoxy groups -OCH3 is 1. The van der Waals surface area contributed by atoms with Crippen molar-refractivity contribution in [1.29, 1.82) is 0 Å². The first-order chi connectivity index (χ1) is 13.6. The van der Waals surface area contributed by atoms with Crippen LogP contribution in [0.1, 0.15) is 25.7 Å². The van der Waals surface area contributed by atoms with Crippen LogP contribution >= 0.6 is 0 Å². The summed E-state index contributed by atoms with van der Waals surface area (Å²) in [6.07, 6.45) is 4.87. The van der Waals surface area contributed by atoms with Gasteiger partial charge in [0.15, 0.2) is 0 Å². The summed E-state index contributed by atoms with van der Waals surface area (Å²) in [5.41, 5.74) is 0. The van der Waals surface area contributed by atoms with Gasteiger partial charge in [-0.25, -0.2) is 13.1 Å². The summed E-state index contributed by atoms with van der Waals surface area (Å²) in [6, 6.07) is 9.57. The maximum Gasteiger partial charge on any atom is 0.240 e. The van der Waals surface area contributed by atoms with E-state index in [0.29, 0.717) is 35.4 Å². The molecular weight excluding hydrogens is 374 g/mol. The van der Waals surface area contributed by atoms with Gasteiger partial charge in [0.2, 0.25) is 10.0 Å². The maximum absolute atomic E-state index is 12.5. The highest BCUT2D eigenvalue weighted by molar-refractivity contribution is 7.89. The van der Waals surface area contributed by atoms with Crippen molar-refractivity contribution in [3.05, 3.63) is 30.3 Å². The summed E-state index contributed by atoms with van der Waals surface area (Å²) >= 11 is 0. The van der Waals surface area contributed by atoms with E-state index >= 15 is 0 Å². The predicted molar refractivity (Wildman–Crippen MR) is 110 cm³/mol. The van der Waals surface area contributed by atoms with Crippen molar-refractivity contribution in [3.8, 4) is 0 Å². The van der Waals surface area contributed by atoms with Crippen LogP contribution in [0.3, 0.4) is 0 Å². The highest BCUT2D eigenvalue weighted by Gasteiger charge is 2.41. The lowest BCUT2D eigenvalue weighted by atomic mass is 9.75. The maximum atomic E-state index is 12.5. The molecule has 2 bridgehead atoms. The molecule has 0 amide bonds. The van der Waals surface area contributed by atoms with Crippen molar-refractivity contribution in [1.82, 2.24) is 14.5 Å². The Morgan fingerprint density at radius 3 is 2.68 bits per heavy atom. The molecule has 5 unspecified atom stereocenters. The molecule has 5 atom stereocenters. The zero-order valence-electron chi connectivity index (χ0n) is 16.8. The van der Waals surface area contributed by atoms with Gasteiger partial charge >= 0.3 is 0 Å². The van der Waals surface area contributed by atoms with Crippen LogP contribution in [0.25, 0.3) is 0 Å². The van der Waals surface area contributed by atoms with Crippen LogP contribution < -0.4 is 4.72 Å². The molecule has 156 valence electrons. The Labute approximate surface area is 169 Å². The molecule has 0 radical (unpaired) electrons. The van der Waals surface area contributed by atoms with Gasteiger partial charge in [-0.2, -0.15) is 0 Å². The lowest BCUT2D eigenvalue weighted by molar-refractivity contribution is -0.0156. The normalized spacial score (nSPS) is 33.4. The fraction of sp³-hybridized carbons (Fsp3) is 0.714. The van der Waals surface area contributed by atoms with E-state index in [0.717, 1.165) is 32.7 Å². The van der Waals surface area contributed by atoms with Gasteiger partial charge in [-0.3, -0.25) is 9.80 Å². The van der Waals surface area contributed by atoms with E-state index in [4.69, 9.17) is 4.74 Å². The van der Waals surface area contributed by atoms with E-state index in [1.54, 1.807) is 31.4 Å². The molecule has 1 N–H and O–H groups in total. The van der Waals surface area contributed by atoms with Crippen LogP contribution in [-0.2, 0) is 14.8 Å². The number of hydrogen-bond acceptors (Lipinski definition) is 5. The molecule has 0 aromatic heterocycles. The second kappa shape index (κ2) is 8.79. The van der Waals surface area contributed by atoms with Crippen molar-refractivity contribution in [2.45, 2.75) is 42.7 Å². The Morgan fingerprint density at radius 2 is 1.96 bits per heavy atom. The average molecular weight is 408 g/mol. The van der Waals surface area contributed by atoms with Gasteiger partial charge in [-0.1, -0.05) is 18.2 Å². The Hall–Kier alpha value is -0.990. The minimum atomic E-state index is -3.42. The molecule has 1 aromatic rings. The Morgan fingerprint density at radius 1 is 1.14 bits per heavy atom. The first-order valence-electron chi connectivity index (χ1n) is 10.6. The first kappa shape index (κ1) is 20.3. The second-order valence-corrected chi connectivity index (χ2v) is 10.4. The number of benzene rings is 1. The number of fused-ring (bicyclic) bond motifs is 3. The largest absolute Gasteiger partial charge is 0.383 e. The van der Waals surface area contributed by atoms with Crippen molar-refractivity contribution in [2.24, 2.45) is 11.8 Å². The lowest BCUT2D eigenvalue weighted by Crippen LogP contribution is -2.58. The fourth-order valence-electron chi connectivity index (χ4n) is 5.38. The molecule has 1 aromatic carbocycles. The standard InChI is InChI=1S/C21H33N3O3S/c1-27-16-19-6-5-10-23(19)14-18-15-24-11-9-17(18)12-20(24)13-22-28(25,26)21-7-3-2-4-8-21/h2-4,7-8,17-20,22H,5-6,9-16H2,1H3. The van der Waals surface area contributed by atoms with Crippen LogP contribution in [0.5, 0.6) is 0 Å². The summed E-state index contributed by atoms with van der Waals surface area (Å²) < 4.78 is 33.3. The Bertz CT molecular complexity index is 743. The zero-order valence-corrected chi connectivity index (χ0v) is 17.6. The molecule has 6 nitrogen and oxygen atoms in total. The number of likely N-dealkylation sites (tertiary alicyclic amines) is 1. The van der Waals surface area contributed by atoms with E-state index in [2.05, 4.69) is 14.5 Å². The van der Waals surface area contributed by atoms with Crippen molar-refractivity contribution < 1.29 is 13.2 Å². The molecule has 0 saturated carbocycles. The predicted octanol–water partition coefficient (Wildman–Crippen LogP) is 1.79. The number of hydrogen-bond donors (Lipinski definition) is 1. The van der Waals surface area contributed by atoms with Gasteiger partial charge in [-0.15, -0.1) is 0 Å². The molecule has 7 heteroatoms. The van der Waals surface area contributed by atoms with E-state index in [-0.39, 0.29) is 0 Å². The molecule has 4 saturated heterocycles. The van der Waals surface area contributed by atoms with Gasteiger partial charge in [0.1, 0.15) is 0 Å². The summed E-state index contributed by atoms with van der Waals surface area (Å²) in [6.45, 7) is 5.90. The summed E-state index contributed by atoms with van der Waals surface area (Å²) in [5.74, 6) is 1.41. The molecule has 4 heterocycles. The van der Waals surface area contributed by atoms with Crippen molar-refractivity contribution in [3.63, 3.8) is 0 Å². The third-order valence-corrected chi connectivity index (χ3v) is 8.34. The number of piperidine rings is 3. The molecule has 28 heavy (non-hydrogen) atoms. The molecule has 4 fully saturated rings. The first-order valence-corrected chi connectivity index (χ1v) is 12.1. The van der Waals surface area contributed by atoms with Crippen LogP contribution in [0, 0.1) is 11.8 Å². The van der Waals surface area contributed by atoms with Gasteiger partial charge < -0.3 is 4.74 Å². The number of rotatable bonds is 8. The molecule has 4 aliphatic heterocycles. The fourth-order valence-corrected chi connectivity index (χ4v) is 6.47. The quantitative estimate of drug-likeness (QED) is 0.712. The zero-order chi connectivity index (χ0) is 19.6. The minimum Gasteiger partial charge on any atom is -0.383 e. The minimum absolute atomic E-state index is 0.321. The van der Waals surface area contributed by atoms with Gasteiger partial charge in [0, 0.05) is 38.8 Å². The van der Waals surface area contributed by atoms with Crippen LogP contribution in [-0.4, -0.2) is 76.7 Å². The van der Waals surface area contributed by atoms with E-state index < -0.39 is 10.0 Å². The van der Waals surface area contributed by atoms with Crippen LogP contribution in [0.2, 0.25) is 0 Å². The van der Waals surface area contributed by atoms with E-state index in [9.17, 15) is 8.42 Å². The highest BCUT2D eigenvalue weighted by Crippen LogP contribution is 2.37. The third-order valence-electron chi connectivity index (χ3n) is 6.90. The number of nitrogens with one attached hydrogen (secondary N) is 1. The van der Waals surface area contributed by atoms with E-state index in [1.807, 2.05) is 6.07 Å². The summed E-state index contributed by atoms with van der Waals surface area (Å²) in [5, 5.41) is 0. The third kappa shape index (κ3) is 4.44. The summed E-state index contributed by atoms with van der Waals surface area (Å²) in [4.78, 5) is 5.49. The highest BCUT2D eigenvalue weighted by atomic mass is 32.2. The number of nitrogens with zero attached hydrogens (tertiary/aromatic N) is 2. The average Bonchev–Trinajstić information content (AvgIpc) is 3.15. The second-order valence-electron chi connectivity index (χ2n) is 8.60. The van der Waals surface area contributed by atoms with Crippen molar-refractivity contribution >= 4 is 10.0 Å². The number of ether oxygens (including phenoxy) is 1. The van der Waals surface area contributed by atoms with Gasteiger partial charge in [-0.05, 0) is 62.7 Å². The molecule has 0 aliphatic carbocycles. The SMILES string of the molecule is COCC1CCCN1CC1CN2CCC1CC2CNS(=O)(=O)c1ccccc1. The van der Waals surface area contributed by atoms with Gasteiger partial charge in [0.05, 0.1) is 11.5 Å². The lowest BCUT2D eigenvalue weighted by Gasteiger charge is -2.51. The molecule has 4 aliphatic rings. The Kier molecular flexibility index (Phi) is 6.37. The van der Waals surface area contributed by atoms with Crippen molar-refractivity contribution in [2.75, 3.05) is 46.4 Å². The molecular formula is C21H33N3O3S. The van der Waals surface area contributed by atoms with E-state index in [1.165, 1.54) is 25.8 Å². The van der Waals surface area contributed by atoms with Crippen LogP contribution in [0.4, 0.5) is 0 Å². The summed E-state index contributed by atoms with van der Waals surface area (Å²) in [7, 11) is -1.62.